The van der Waals surface area contributed by atoms with Gasteiger partial charge >= 0.3 is 12.0 Å². The molecule has 0 spiro atoms. The molecule has 2 aromatic rings. The fourth-order valence-corrected chi connectivity index (χ4v) is 1.81. The molecule has 2 rings (SSSR count). The van der Waals surface area contributed by atoms with Crippen LogP contribution in [0.4, 0.5) is 13.9 Å². The number of para-hydroxylation sites is 1. The van der Waals surface area contributed by atoms with Gasteiger partial charge in [0.25, 0.3) is 0 Å². The first-order chi connectivity index (χ1) is 9.53. The van der Waals surface area contributed by atoms with E-state index in [9.17, 15) is 13.6 Å². The second-order valence-electron chi connectivity index (χ2n) is 3.52. The third-order valence-corrected chi connectivity index (χ3v) is 2.85. The Balaban J connectivity index is 2.14. The van der Waals surface area contributed by atoms with Gasteiger partial charge in [-0.1, -0.05) is 12.1 Å². The number of halogens is 2. The van der Waals surface area contributed by atoms with Crippen LogP contribution in [0.25, 0.3) is 0 Å². The van der Waals surface area contributed by atoms with Crippen molar-refractivity contribution in [2.45, 2.75) is 6.11 Å². The number of hydrogen-bond acceptors (Lipinski definition) is 5. The van der Waals surface area contributed by atoms with Gasteiger partial charge in [0.2, 0.25) is 0 Å². The third-order valence-electron chi connectivity index (χ3n) is 2.16. The zero-order valence-corrected chi connectivity index (χ0v) is 10.7. The van der Waals surface area contributed by atoms with Crippen molar-refractivity contribution >= 4 is 22.4 Å². The van der Waals surface area contributed by atoms with Crippen LogP contribution in [0, 0.1) is 11.3 Å². The standard InChI is InChI=1S/C12H7F2N3O2S/c13-12(14,10(18)17-11-16-5-6-20-11)19-9-4-2-1-3-8(9)7-15/h1-6H,(H,16,17,18). The third kappa shape index (κ3) is 3.07. The van der Waals surface area contributed by atoms with Gasteiger partial charge in [0.15, 0.2) is 5.13 Å². The van der Waals surface area contributed by atoms with Gasteiger partial charge in [-0.05, 0) is 12.1 Å². The maximum absolute atomic E-state index is 13.6. The number of benzene rings is 1. The Hall–Kier alpha value is -2.53. The van der Waals surface area contributed by atoms with Crippen molar-refractivity contribution in [2.24, 2.45) is 0 Å². The molecule has 0 aliphatic rings. The van der Waals surface area contributed by atoms with Crippen LogP contribution in [-0.4, -0.2) is 17.0 Å². The van der Waals surface area contributed by atoms with Crippen LogP contribution in [0.2, 0.25) is 0 Å². The van der Waals surface area contributed by atoms with Gasteiger partial charge in [0.1, 0.15) is 11.8 Å². The lowest BCUT2D eigenvalue weighted by atomic mass is 10.2. The predicted molar refractivity (Wildman–Crippen MR) is 67.5 cm³/mol. The lowest BCUT2D eigenvalue weighted by Crippen LogP contribution is -2.40. The van der Waals surface area contributed by atoms with Crippen molar-refractivity contribution in [2.75, 3.05) is 5.32 Å². The molecule has 1 heterocycles. The first-order valence-corrected chi connectivity index (χ1v) is 6.18. The monoisotopic (exact) mass is 295 g/mol. The van der Waals surface area contributed by atoms with E-state index >= 15 is 0 Å². The number of carbonyl (C=O) groups is 1. The van der Waals surface area contributed by atoms with Crippen LogP contribution in [-0.2, 0) is 4.79 Å². The van der Waals surface area contributed by atoms with E-state index in [1.54, 1.807) is 6.07 Å². The van der Waals surface area contributed by atoms with Crippen molar-refractivity contribution in [1.29, 1.82) is 5.26 Å². The van der Waals surface area contributed by atoms with E-state index in [-0.39, 0.29) is 16.4 Å². The zero-order valence-electron chi connectivity index (χ0n) is 9.84. The Morgan fingerprint density at radius 1 is 1.45 bits per heavy atom. The first kappa shape index (κ1) is 13.9. The number of anilines is 1. The summed E-state index contributed by atoms with van der Waals surface area (Å²) in [6.07, 6.45) is -2.75. The van der Waals surface area contributed by atoms with E-state index in [0.717, 1.165) is 11.3 Å². The topological polar surface area (TPSA) is 75.0 Å². The molecule has 5 nitrogen and oxygen atoms in total. The van der Waals surface area contributed by atoms with Crippen LogP contribution >= 0.6 is 11.3 Å². The number of aromatic nitrogens is 1. The Morgan fingerprint density at radius 3 is 2.85 bits per heavy atom. The van der Waals surface area contributed by atoms with Crippen LogP contribution in [0.1, 0.15) is 5.56 Å². The molecule has 102 valence electrons. The molecule has 1 N–H and O–H groups in total. The summed E-state index contributed by atoms with van der Waals surface area (Å²) in [5, 5.41) is 12.3. The summed E-state index contributed by atoms with van der Waals surface area (Å²) in [7, 11) is 0. The first-order valence-electron chi connectivity index (χ1n) is 5.30. The molecule has 1 aromatic heterocycles. The average Bonchev–Trinajstić information content (AvgIpc) is 2.92. The molecule has 0 saturated heterocycles. The summed E-state index contributed by atoms with van der Waals surface area (Å²) < 4.78 is 31.6. The SMILES string of the molecule is N#Cc1ccccc1OC(F)(F)C(=O)Nc1nccs1. The van der Waals surface area contributed by atoms with Gasteiger partial charge < -0.3 is 4.74 Å². The van der Waals surface area contributed by atoms with Gasteiger partial charge in [-0.15, -0.1) is 11.3 Å². The van der Waals surface area contributed by atoms with Crippen molar-refractivity contribution in [3.05, 3.63) is 41.4 Å². The highest BCUT2D eigenvalue weighted by molar-refractivity contribution is 7.13. The molecule has 0 unspecified atom stereocenters. The number of alkyl halides is 2. The molecule has 0 aliphatic heterocycles. The summed E-state index contributed by atoms with van der Waals surface area (Å²) >= 11 is 0.997. The van der Waals surface area contributed by atoms with Crippen molar-refractivity contribution in [3.8, 4) is 11.8 Å². The molecule has 20 heavy (non-hydrogen) atoms. The van der Waals surface area contributed by atoms with E-state index in [2.05, 4.69) is 9.72 Å². The minimum atomic E-state index is -4.11. The van der Waals surface area contributed by atoms with E-state index in [0.29, 0.717) is 0 Å². The highest BCUT2D eigenvalue weighted by atomic mass is 32.1. The molecule has 0 aliphatic carbocycles. The summed E-state index contributed by atoms with van der Waals surface area (Å²) in [6, 6.07) is 7.12. The van der Waals surface area contributed by atoms with Gasteiger partial charge in [0.05, 0.1) is 5.56 Å². The number of nitriles is 1. The fraction of sp³-hybridized carbons (Fsp3) is 0.0833. The number of hydrogen-bond donors (Lipinski definition) is 1. The molecule has 0 radical (unpaired) electrons. The van der Waals surface area contributed by atoms with E-state index in [1.165, 1.54) is 35.8 Å². The number of carbonyl (C=O) groups excluding carboxylic acids is 1. The van der Waals surface area contributed by atoms with Crippen LogP contribution in [0.15, 0.2) is 35.8 Å². The van der Waals surface area contributed by atoms with Crippen LogP contribution in [0.5, 0.6) is 5.75 Å². The smallest absolute Gasteiger partial charge is 0.424 e. The Bertz CT molecular complexity index is 653. The number of amides is 1. The molecular weight excluding hydrogens is 288 g/mol. The molecule has 8 heteroatoms. The molecule has 1 amide bonds. The van der Waals surface area contributed by atoms with E-state index in [4.69, 9.17) is 5.26 Å². The van der Waals surface area contributed by atoms with Gasteiger partial charge in [0, 0.05) is 11.6 Å². The van der Waals surface area contributed by atoms with Gasteiger partial charge in [-0.2, -0.15) is 14.0 Å². The summed E-state index contributed by atoms with van der Waals surface area (Å²) in [4.78, 5) is 15.1. The van der Waals surface area contributed by atoms with Crippen molar-refractivity contribution < 1.29 is 18.3 Å². The second kappa shape index (κ2) is 5.63. The lowest BCUT2D eigenvalue weighted by Gasteiger charge is -2.17. The number of nitrogens with one attached hydrogen (secondary N) is 1. The fourth-order valence-electron chi connectivity index (χ4n) is 1.29. The number of thiazole rings is 1. The number of nitrogens with zero attached hydrogens (tertiary/aromatic N) is 2. The van der Waals surface area contributed by atoms with Gasteiger partial charge in [-0.25, -0.2) is 4.98 Å². The average molecular weight is 295 g/mol. The minimum Gasteiger partial charge on any atom is -0.424 e. The minimum absolute atomic E-state index is 0.0341. The number of rotatable bonds is 4. The molecular formula is C12H7F2N3O2S. The Labute approximate surface area is 116 Å². The maximum Gasteiger partial charge on any atom is 0.482 e. The summed E-state index contributed by atoms with van der Waals surface area (Å²) in [5.41, 5.74) is -0.0887. The Kier molecular flexibility index (Phi) is 3.91. The number of ether oxygens (including phenoxy) is 1. The van der Waals surface area contributed by atoms with E-state index in [1.807, 2.05) is 5.32 Å². The molecule has 0 saturated carbocycles. The van der Waals surface area contributed by atoms with Crippen molar-refractivity contribution in [1.82, 2.24) is 4.98 Å². The van der Waals surface area contributed by atoms with Crippen LogP contribution in [0.3, 0.4) is 0 Å². The van der Waals surface area contributed by atoms with Crippen molar-refractivity contribution in [3.63, 3.8) is 0 Å². The quantitative estimate of drug-likeness (QED) is 0.940. The van der Waals surface area contributed by atoms with E-state index < -0.39 is 12.0 Å². The molecule has 0 atom stereocenters. The molecule has 0 bridgehead atoms. The van der Waals surface area contributed by atoms with Gasteiger partial charge in [-0.3, -0.25) is 10.1 Å². The second-order valence-corrected chi connectivity index (χ2v) is 4.41. The van der Waals surface area contributed by atoms with Crippen LogP contribution < -0.4 is 10.1 Å². The Morgan fingerprint density at radius 2 is 2.20 bits per heavy atom. The summed E-state index contributed by atoms with van der Waals surface area (Å²) in [6.45, 7) is 0. The molecule has 1 aromatic carbocycles. The largest absolute Gasteiger partial charge is 0.482 e. The highest BCUT2D eigenvalue weighted by Gasteiger charge is 2.43. The summed E-state index contributed by atoms with van der Waals surface area (Å²) in [5.74, 6) is -2.02. The maximum atomic E-state index is 13.6. The normalized spacial score (nSPS) is 10.7. The highest BCUT2D eigenvalue weighted by Crippen LogP contribution is 2.26. The predicted octanol–water partition coefficient (Wildman–Crippen LogP) is 2.63. The lowest BCUT2D eigenvalue weighted by molar-refractivity contribution is -0.187. The zero-order chi connectivity index (χ0) is 14.6. The molecule has 0 fully saturated rings.